The molecule has 1 fully saturated rings. The number of carbonyl (C=O) groups excluding carboxylic acids is 2. The maximum Gasteiger partial charge on any atom is 0.253 e. The first-order chi connectivity index (χ1) is 17.4. The molecule has 0 bridgehead atoms. The Morgan fingerprint density at radius 1 is 1.03 bits per heavy atom. The van der Waals surface area contributed by atoms with Crippen molar-refractivity contribution in [2.75, 3.05) is 37.8 Å². The molecule has 0 saturated carbocycles. The molecule has 0 spiro atoms. The van der Waals surface area contributed by atoms with Crippen molar-refractivity contribution in [3.05, 3.63) is 88.0 Å². The Kier molecular flexibility index (Phi) is 8.45. The van der Waals surface area contributed by atoms with Crippen molar-refractivity contribution in [1.29, 1.82) is 0 Å². The minimum atomic E-state index is -0.214. The molecule has 9 heteroatoms. The van der Waals surface area contributed by atoms with Crippen LogP contribution in [0.15, 0.2) is 75.0 Å². The van der Waals surface area contributed by atoms with Gasteiger partial charge in [-0.3, -0.25) is 19.3 Å². The second-order valence-electron chi connectivity index (χ2n) is 8.54. The van der Waals surface area contributed by atoms with E-state index in [4.69, 9.17) is 9.15 Å². The first-order valence-electron chi connectivity index (χ1n) is 11.7. The van der Waals surface area contributed by atoms with Crippen LogP contribution in [0.25, 0.3) is 0 Å². The number of nitrogens with one attached hydrogen (secondary N) is 1. The first kappa shape index (κ1) is 25.5. The van der Waals surface area contributed by atoms with Crippen molar-refractivity contribution in [2.24, 2.45) is 0 Å². The Labute approximate surface area is 214 Å². The molecule has 4 rings (SSSR count). The molecule has 1 aliphatic heterocycles. The Morgan fingerprint density at radius 3 is 2.33 bits per heavy atom. The van der Waals surface area contributed by atoms with Crippen molar-refractivity contribution >= 4 is 29.3 Å². The summed E-state index contributed by atoms with van der Waals surface area (Å²) in [5.74, 6) is 0.554. The highest BCUT2D eigenvalue weighted by Crippen LogP contribution is 2.17. The van der Waals surface area contributed by atoms with Gasteiger partial charge >= 0.3 is 0 Å². The smallest absolute Gasteiger partial charge is 0.253 e. The van der Waals surface area contributed by atoms with Crippen molar-refractivity contribution in [3.8, 4) is 5.75 Å². The Hall–Kier alpha value is -3.56. The summed E-state index contributed by atoms with van der Waals surface area (Å²) >= 11 is 1.67. The van der Waals surface area contributed by atoms with E-state index in [0.29, 0.717) is 56.3 Å². The normalized spacial score (nSPS) is 13.9. The number of piperazine rings is 1. The zero-order chi connectivity index (χ0) is 25.5. The molecule has 2 heterocycles. The largest absolute Gasteiger partial charge is 0.482 e. The summed E-state index contributed by atoms with van der Waals surface area (Å²) in [5, 5.41) is 2.69. The number of hydrogen-bond donors (Lipinski definition) is 1. The number of hydrogen-bond acceptors (Lipinski definition) is 7. The van der Waals surface area contributed by atoms with Gasteiger partial charge in [0.2, 0.25) is 17.1 Å². The summed E-state index contributed by atoms with van der Waals surface area (Å²) in [5.41, 5.74) is 2.01. The minimum absolute atomic E-state index is 0.0415. The second kappa shape index (κ2) is 11.9. The van der Waals surface area contributed by atoms with Crippen LogP contribution < -0.4 is 15.5 Å². The minimum Gasteiger partial charge on any atom is -0.482 e. The van der Waals surface area contributed by atoms with E-state index >= 15 is 0 Å². The highest BCUT2D eigenvalue weighted by atomic mass is 32.2. The molecule has 36 heavy (non-hydrogen) atoms. The number of benzene rings is 2. The number of rotatable bonds is 8. The molecule has 1 saturated heterocycles. The van der Waals surface area contributed by atoms with Crippen LogP contribution in [0.1, 0.15) is 28.6 Å². The fourth-order valence-corrected chi connectivity index (χ4v) is 4.33. The topological polar surface area (TPSA) is 92.1 Å². The summed E-state index contributed by atoms with van der Waals surface area (Å²) in [6.07, 6.45) is 3.40. The fourth-order valence-electron chi connectivity index (χ4n) is 3.92. The lowest BCUT2D eigenvalue weighted by Gasteiger charge is -2.34. The van der Waals surface area contributed by atoms with Gasteiger partial charge in [0.1, 0.15) is 18.6 Å². The monoisotopic (exact) mass is 507 g/mol. The van der Waals surface area contributed by atoms with Gasteiger partial charge in [0.05, 0.1) is 6.54 Å². The van der Waals surface area contributed by atoms with Crippen LogP contribution >= 0.6 is 11.8 Å². The molecule has 188 valence electrons. The van der Waals surface area contributed by atoms with Crippen LogP contribution in [0.3, 0.4) is 0 Å². The Bertz CT molecular complexity index is 1250. The maximum absolute atomic E-state index is 12.8. The molecule has 1 aromatic heterocycles. The van der Waals surface area contributed by atoms with Crippen LogP contribution in [-0.4, -0.2) is 54.0 Å². The lowest BCUT2D eigenvalue weighted by molar-refractivity contribution is -0.114. The fraction of sp³-hybridized carbons (Fsp3) is 0.296. The lowest BCUT2D eigenvalue weighted by Crippen LogP contribution is -2.48. The van der Waals surface area contributed by atoms with Crippen LogP contribution in [0.2, 0.25) is 0 Å². The summed E-state index contributed by atoms with van der Waals surface area (Å²) in [4.78, 5) is 41.6. The molecule has 0 aliphatic carbocycles. The third-order valence-electron chi connectivity index (χ3n) is 5.90. The van der Waals surface area contributed by atoms with Gasteiger partial charge in [0.25, 0.3) is 5.91 Å². The zero-order valence-electron chi connectivity index (χ0n) is 20.4. The average molecular weight is 508 g/mol. The molecular weight excluding hydrogens is 478 g/mol. The van der Waals surface area contributed by atoms with Crippen LogP contribution in [0.5, 0.6) is 5.75 Å². The molecule has 0 radical (unpaired) electrons. The molecule has 2 amide bonds. The van der Waals surface area contributed by atoms with Crippen molar-refractivity contribution in [2.45, 2.75) is 25.0 Å². The standard InChI is InChI=1S/C27H29N3O5S/c1-19(31)28-22-7-5-21(6-8-22)27(33)30-13-11-29(12-14-30)16-23-15-25(32)26(18-34-23)35-17-20-3-9-24(36-2)10-4-20/h3-10,15,18H,11-14,16-17H2,1-2H3,(H,28,31). The van der Waals surface area contributed by atoms with E-state index in [1.807, 2.05) is 35.4 Å². The predicted molar refractivity (Wildman–Crippen MR) is 139 cm³/mol. The predicted octanol–water partition coefficient (Wildman–Crippen LogP) is 3.86. The van der Waals surface area contributed by atoms with Gasteiger partial charge in [-0.05, 0) is 48.2 Å². The maximum atomic E-state index is 12.8. The number of thioether (sulfide) groups is 1. The highest BCUT2D eigenvalue weighted by Gasteiger charge is 2.23. The van der Waals surface area contributed by atoms with E-state index in [0.717, 1.165) is 5.56 Å². The van der Waals surface area contributed by atoms with Gasteiger partial charge in [-0.1, -0.05) is 12.1 Å². The molecule has 3 aromatic rings. The van der Waals surface area contributed by atoms with Gasteiger partial charge in [-0.2, -0.15) is 0 Å². The summed E-state index contributed by atoms with van der Waals surface area (Å²) in [7, 11) is 0. The molecular formula is C27H29N3O5S. The third kappa shape index (κ3) is 6.77. The molecule has 1 N–H and O–H groups in total. The molecule has 1 aliphatic rings. The van der Waals surface area contributed by atoms with Gasteiger partial charge in [0, 0.05) is 55.3 Å². The van der Waals surface area contributed by atoms with E-state index in [9.17, 15) is 14.4 Å². The summed E-state index contributed by atoms with van der Waals surface area (Å²) < 4.78 is 11.3. The zero-order valence-corrected chi connectivity index (χ0v) is 21.2. The van der Waals surface area contributed by atoms with E-state index in [1.165, 1.54) is 24.1 Å². The van der Waals surface area contributed by atoms with Crippen LogP contribution in [-0.2, 0) is 17.9 Å². The lowest BCUT2D eigenvalue weighted by atomic mass is 10.1. The molecule has 0 atom stereocenters. The molecule has 8 nitrogen and oxygen atoms in total. The molecule has 2 aromatic carbocycles. The Balaban J connectivity index is 1.26. The SMILES string of the molecule is CSc1ccc(COc2coc(CN3CCN(C(=O)c4ccc(NC(C)=O)cc4)CC3)cc2=O)cc1. The van der Waals surface area contributed by atoms with Gasteiger partial charge in [0.15, 0.2) is 0 Å². The first-order valence-corrected chi connectivity index (χ1v) is 12.9. The number of ether oxygens (including phenoxy) is 1. The quantitative estimate of drug-likeness (QED) is 0.463. The Morgan fingerprint density at radius 2 is 1.72 bits per heavy atom. The number of nitrogens with zero attached hydrogens (tertiary/aromatic N) is 2. The third-order valence-corrected chi connectivity index (χ3v) is 6.64. The molecule has 0 unspecified atom stereocenters. The second-order valence-corrected chi connectivity index (χ2v) is 9.42. The van der Waals surface area contributed by atoms with E-state index < -0.39 is 0 Å². The van der Waals surface area contributed by atoms with Crippen LogP contribution in [0, 0.1) is 0 Å². The van der Waals surface area contributed by atoms with Gasteiger partial charge < -0.3 is 19.4 Å². The van der Waals surface area contributed by atoms with Crippen molar-refractivity contribution in [1.82, 2.24) is 9.80 Å². The number of anilines is 1. The average Bonchev–Trinajstić information content (AvgIpc) is 2.89. The van der Waals surface area contributed by atoms with Gasteiger partial charge in [-0.15, -0.1) is 11.8 Å². The van der Waals surface area contributed by atoms with Gasteiger partial charge in [-0.25, -0.2) is 0 Å². The number of amides is 2. The van der Waals surface area contributed by atoms with Crippen molar-refractivity contribution < 1.29 is 18.7 Å². The van der Waals surface area contributed by atoms with E-state index in [1.54, 1.807) is 36.0 Å². The highest BCUT2D eigenvalue weighted by molar-refractivity contribution is 7.98. The number of carbonyl (C=O) groups is 2. The van der Waals surface area contributed by atoms with Crippen molar-refractivity contribution in [3.63, 3.8) is 0 Å². The van der Waals surface area contributed by atoms with E-state index in [2.05, 4.69) is 10.2 Å². The summed E-state index contributed by atoms with van der Waals surface area (Å²) in [6.45, 7) is 4.72. The van der Waals surface area contributed by atoms with Crippen LogP contribution in [0.4, 0.5) is 5.69 Å². The van der Waals surface area contributed by atoms with E-state index in [-0.39, 0.29) is 23.0 Å². The summed E-state index contributed by atoms with van der Waals surface area (Å²) in [6, 6.07) is 16.4.